The van der Waals surface area contributed by atoms with Gasteiger partial charge in [0.1, 0.15) is 5.60 Å². The average molecular weight is 674 g/mol. The monoisotopic (exact) mass is 673 g/mol. The minimum atomic E-state index is -5.35. The van der Waals surface area contributed by atoms with E-state index in [0.29, 0.717) is 41.7 Å². The number of nitrogens with zero attached hydrogens (tertiary/aromatic N) is 2. The van der Waals surface area contributed by atoms with Gasteiger partial charge in [0, 0.05) is 53.3 Å². The third-order valence-electron chi connectivity index (χ3n) is 7.43. The minimum Gasteiger partial charge on any atom is -0.444 e. The molecule has 14 heteroatoms. The second-order valence-electron chi connectivity index (χ2n) is 12.2. The van der Waals surface area contributed by atoms with E-state index in [4.69, 9.17) is 9.47 Å². The number of hydrogen-bond donors (Lipinski definition) is 1. The van der Waals surface area contributed by atoms with E-state index < -0.39 is 51.5 Å². The lowest BCUT2D eigenvalue weighted by atomic mass is 9.98. The van der Waals surface area contributed by atoms with Gasteiger partial charge in [0.2, 0.25) is 5.91 Å². The Labute approximate surface area is 268 Å². The number of carbonyl (C=O) groups excluding carboxylic acids is 2. The Kier molecular flexibility index (Phi) is 10.9. The summed E-state index contributed by atoms with van der Waals surface area (Å²) in [6.45, 7) is 8.71. The first-order valence-electron chi connectivity index (χ1n) is 14.8. The summed E-state index contributed by atoms with van der Waals surface area (Å²) in [5.74, 6) is -0.613. The fourth-order valence-electron chi connectivity index (χ4n) is 5.37. The Hall–Kier alpha value is -3.39. The van der Waals surface area contributed by atoms with Gasteiger partial charge in [-0.25, -0.2) is 4.79 Å². The standard InChI is InChI=1S/C32H37F6N3O4S/c1-20-18-23(12-13-41(20)29(43)45-30(2,3)4)39-22-6-5-7-24(19-22)46-25-10-8-21(9-11-26(42)40-14-16-44-17-15-40)27(31(33,34)35)28(25)32(36,37)38/h5-11,19-20,23,39H,12-18H2,1-4H3/b11-9+. The summed E-state index contributed by atoms with van der Waals surface area (Å²) in [7, 11) is 0. The molecule has 252 valence electrons. The SMILES string of the molecule is CC1CC(Nc2cccc(Sc3ccc(/C=C/C(=O)N4CCOCC4)c(C(F)(F)F)c3C(F)(F)F)c2)CCN1C(=O)OC(C)(C)C. The predicted molar refractivity (Wildman–Crippen MR) is 162 cm³/mol. The highest BCUT2D eigenvalue weighted by atomic mass is 32.2. The third-order valence-corrected chi connectivity index (χ3v) is 8.48. The molecule has 4 rings (SSSR count). The van der Waals surface area contributed by atoms with Gasteiger partial charge in [-0.1, -0.05) is 23.9 Å². The molecular weight excluding hydrogens is 636 g/mol. The number of alkyl halides is 6. The van der Waals surface area contributed by atoms with Gasteiger partial charge in [0.25, 0.3) is 0 Å². The number of rotatable bonds is 6. The topological polar surface area (TPSA) is 71.1 Å². The Morgan fingerprint density at radius 2 is 1.65 bits per heavy atom. The molecule has 2 aromatic rings. The lowest BCUT2D eigenvalue weighted by Crippen LogP contribution is -2.49. The van der Waals surface area contributed by atoms with E-state index in [2.05, 4.69) is 5.32 Å². The Morgan fingerprint density at radius 1 is 0.978 bits per heavy atom. The van der Waals surface area contributed by atoms with Gasteiger partial charge < -0.3 is 24.6 Å². The van der Waals surface area contributed by atoms with Crippen LogP contribution in [0, 0.1) is 0 Å². The van der Waals surface area contributed by atoms with Gasteiger partial charge in [-0.05, 0) is 76.4 Å². The lowest BCUT2D eigenvalue weighted by Gasteiger charge is -2.38. The van der Waals surface area contributed by atoms with Crippen molar-refractivity contribution in [1.82, 2.24) is 9.80 Å². The quantitative estimate of drug-likeness (QED) is 0.248. The zero-order chi connectivity index (χ0) is 33.9. The third kappa shape index (κ3) is 9.34. The maximum Gasteiger partial charge on any atom is 0.418 e. The van der Waals surface area contributed by atoms with Crippen molar-refractivity contribution < 1.29 is 45.4 Å². The highest BCUT2D eigenvalue weighted by Gasteiger charge is 2.46. The molecule has 2 aliphatic rings. The first kappa shape index (κ1) is 35.5. The van der Waals surface area contributed by atoms with Crippen molar-refractivity contribution in [2.45, 2.75) is 80.4 Å². The molecule has 2 amide bonds. The molecule has 2 aliphatic heterocycles. The van der Waals surface area contributed by atoms with E-state index in [9.17, 15) is 35.9 Å². The van der Waals surface area contributed by atoms with Gasteiger partial charge in [0.05, 0.1) is 24.3 Å². The number of ether oxygens (including phenoxy) is 2. The number of benzene rings is 2. The van der Waals surface area contributed by atoms with Crippen LogP contribution in [0.15, 0.2) is 52.3 Å². The van der Waals surface area contributed by atoms with Gasteiger partial charge in [-0.15, -0.1) is 0 Å². The molecule has 46 heavy (non-hydrogen) atoms. The van der Waals surface area contributed by atoms with Crippen molar-refractivity contribution >= 4 is 35.5 Å². The van der Waals surface area contributed by atoms with Crippen LogP contribution in [0.3, 0.4) is 0 Å². The Balaban J connectivity index is 1.55. The normalized spacial score (nSPS) is 19.8. The van der Waals surface area contributed by atoms with Crippen LogP contribution in [-0.4, -0.2) is 72.3 Å². The molecule has 0 bridgehead atoms. The van der Waals surface area contributed by atoms with Crippen LogP contribution in [0.25, 0.3) is 6.08 Å². The molecule has 7 nitrogen and oxygen atoms in total. The van der Waals surface area contributed by atoms with Crippen LogP contribution in [0.4, 0.5) is 36.8 Å². The second kappa shape index (κ2) is 14.2. The number of morpholine rings is 1. The lowest BCUT2D eigenvalue weighted by molar-refractivity contribution is -0.163. The van der Waals surface area contributed by atoms with E-state index in [0.717, 1.165) is 24.3 Å². The molecule has 0 saturated carbocycles. The first-order chi connectivity index (χ1) is 21.4. The fourth-order valence-corrected chi connectivity index (χ4v) is 6.41. The molecule has 1 N–H and O–H groups in total. The summed E-state index contributed by atoms with van der Waals surface area (Å²) in [6.07, 6.45) is -8.26. The van der Waals surface area contributed by atoms with Gasteiger partial charge in [0.15, 0.2) is 0 Å². The highest BCUT2D eigenvalue weighted by Crippen LogP contribution is 2.48. The number of anilines is 1. The number of nitrogens with one attached hydrogen (secondary N) is 1. The predicted octanol–water partition coefficient (Wildman–Crippen LogP) is 7.95. The second-order valence-corrected chi connectivity index (χ2v) is 13.3. The van der Waals surface area contributed by atoms with E-state index in [-0.39, 0.29) is 38.4 Å². The smallest absolute Gasteiger partial charge is 0.418 e. The Morgan fingerprint density at radius 3 is 2.26 bits per heavy atom. The minimum absolute atomic E-state index is 0.0530. The zero-order valence-electron chi connectivity index (χ0n) is 25.9. The number of amides is 2. The zero-order valence-corrected chi connectivity index (χ0v) is 26.7. The number of halogens is 6. The molecule has 0 aromatic heterocycles. The average Bonchev–Trinajstić information content (AvgIpc) is 2.94. The maximum atomic E-state index is 14.3. The van der Waals surface area contributed by atoms with Crippen molar-refractivity contribution in [3.8, 4) is 0 Å². The number of likely N-dealkylation sites (tertiary alicyclic amines) is 1. The van der Waals surface area contributed by atoms with Crippen LogP contribution in [0.1, 0.15) is 57.2 Å². The summed E-state index contributed by atoms with van der Waals surface area (Å²) in [6, 6.07) is 8.19. The largest absolute Gasteiger partial charge is 0.444 e. The summed E-state index contributed by atoms with van der Waals surface area (Å²) in [5.41, 5.74) is -4.47. The van der Waals surface area contributed by atoms with Crippen LogP contribution >= 0.6 is 11.8 Å². The molecule has 0 radical (unpaired) electrons. The molecule has 2 fully saturated rings. The number of hydrogen-bond acceptors (Lipinski definition) is 6. The van der Waals surface area contributed by atoms with Crippen LogP contribution in [-0.2, 0) is 26.6 Å². The van der Waals surface area contributed by atoms with Gasteiger partial charge in [-0.3, -0.25) is 4.79 Å². The maximum absolute atomic E-state index is 14.3. The summed E-state index contributed by atoms with van der Waals surface area (Å²) in [5, 5.41) is 3.34. The van der Waals surface area contributed by atoms with Crippen molar-refractivity contribution in [2.75, 3.05) is 38.2 Å². The summed E-state index contributed by atoms with van der Waals surface area (Å²) in [4.78, 5) is 27.7. The molecule has 2 unspecified atom stereocenters. The summed E-state index contributed by atoms with van der Waals surface area (Å²) >= 11 is 0.571. The van der Waals surface area contributed by atoms with Crippen molar-refractivity contribution in [3.63, 3.8) is 0 Å². The summed E-state index contributed by atoms with van der Waals surface area (Å²) < 4.78 is 96.4. The van der Waals surface area contributed by atoms with E-state index in [1.54, 1.807) is 43.9 Å². The van der Waals surface area contributed by atoms with Crippen LogP contribution in [0.5, 0.6) is 0 Å². The molecule has 2 heterocycles. The van der Waals surface area contributed by atoms with Crippen LogP contribution in [0.2, 0.25) is 0 Å². The molecule has 0 aliphatic carbocycles. The molecule has 2 aromatic carbocycles. The van der Waals surface area contributed by atoms with Crippen molar-refractivity contribution in [1.29, 1.82) is 0 Å². The molecule has 2 atom stereocenters. The van der Waals surface area contributed by atoms with Crippen molar-refractivity contribution in [2.24, 2.45) is 0 Å². The molecule has 2 saturated heterocycles. The van der Waals surface area contributed by atoms with E-state index in [1.807, 2.05) is 6.92 Å². The van der Waals surface area contributed by atoms with Gasteiger partial charge in [-0.2, -0.15) is 26.3 Å². The first-order valence-corrected chi connectivity index (χ1v) is 15.6. The fraction of sp³-hybridized carbons (Fsp3) is 0.500. The van der Waals surface area contributed by atoms with E-state index >= 15 is 0 Å². The van der Waals surface area contributed by atoms with Gasteiger partial charge >= 0.3 is 18.4 Å². The number of piperidine rings is 1. The Bertz CT molecular complexity index is 1430. The van der Waals surface area contributed by atoms with E-state index in [1.165, 1.54) is 11.0 Å². The van der Waals surface area contributed by atoms with Crippen molar-refractivity contribution in [3.05, 3.63) is 59.2 Å². The molecular formula is C32H37F6N3O4S. The number of carbonyl (C=O) groups is 2. The molecule has 0 spiro atoms. The van der Waals surface area contributed by atoms with Crippen LogP contribution < -0.4 is 5.32 Å². The highest BCUT2D eigenvalue weighted by molar-refractivity contribution is 7.99.